The number of hydrogen-bond acceptors (Lipinski definition) is 5. The number of benzene rings is 1. The molecule has 0 amide bonds. The molecule has 2 saturated carbocycles. The molecule has 3 aliphatic carbocycles. The Bertz CT molecular complexity index is 979. The standard InChI is InChI=1S/C28H41NO4/c1-25(2,3)27(5,31)21-14-18-19-13-17-9-10-20(30)23-22(17)28(18,24(33-23)26(21,4)32-6)11-12-29(19)15-16-7-8-16/h9-10,16,18-19,21,24,30-31H,7-8,11-15H2,1-6H3/t18?,19-,21?,24+,26-,27?,28+/m1/s1. The van der Waals surface area contributed by atoms with Gasteiger partial charge in [0.2, 0.25) is 0 Å². The molecule has 1 aromatic carbocycles. The summed E-state index contributed by atoms with van der Waals surface area (Å²) in [6.45, 7) is 12.8. The van der Waals surface area contributed by atoms with Gasteiger partial charge in [-0.25, -0.2) is 0 Å². The highest BCUT2D eigenvalue weighted by Gasteiger charge is 2.73. The van der Waals surface area contributed by atoms with E-state index in [0.717, 1.165) is 31.7 Å². The highest BCUT2D eigenvalue weighted by molar-refractivity contribution is 5.61. The summed E-state index contributed by atoms with van der Waals surface area (Å²) in [4.78, 5) is 2.76. The van der Waals surface area contributed by atoms with Crippen LogP contribution >= 0.6 is 0 Å². The van der Waals surface area contributed by atoms with Crippen LogP contribution in [0.1, 0.15) is 71.4 Å². The van der Waals surface area contributed by atoms with Gasteiger partial charge in [0, 0.05) is 36.6 Å². The zero-order valence-electron chi connectivity index (χ0n) is 21.1. The molecule has 2 aliphatic heterocycles. The lowest BCUT2D eigenvalue weighted by atomic mass is 9.44. The molecule has 2 N–H and O–H groups in total. The first kappa shape index (κ1) is 22.2. The Balaban J connectivity index is 1.54. The Kier molecular flexibility index (Phi) is 4.49. The van der Waals surface area contributed by atoms with Gasteiger partial charge >= 0.3 is 0 Å². The van der Waals surface area contributed by atoms with Crippen molar-refractivity contribution in [2.75, 3.05) is 20.2 Å². The maximum Gasteiger partial charge on any atom is 0.165 e. The average Bonchev–Trinajstić information content (AvgIpc) is 3.49. The van der Waals surface area contributed by atoms with Gasteiger partial charge < -0.3 is 19.7 Å². The molecule has 0 aromatic heterocycles. The van der Waals surface area contributed by atoms with Gasteiger partial charge in [-0.05, 0) is 81.4 Å². The van der Waals surface area contributed by atoms with Gasteiger partial charge in [-0.1, -0.05) is 26.8 Å². The molecule has 182 valence electrons. The summed E-state index contributed by atoms with van der Waals surface area (Å²) >= 11 is 0. The van der Waals surface area contributed by atoms with E-state index in [1.54, 1.807) is 7.11 Å². The number of rotatable bonds is 4. The van der Waals surface area contributed by atoms with Gasteiger partial charge in [-0.15, -0.1) is 0 Å². The van der Waals surface area contributed by atoms with Gasteiger partial charge in [0.05, 0.1) is 5.60 Å². The van der Waals surface area contributed by atoms with Crippen LogP contribution < -0.4 is 4.74 Å². The predicted octanol–water partition coefficient (Wildman–Crippen LogP) is 4.27. The zero-order valence-corrected chi connectivity index (χ0v) is 21.1. The third kappa shape index (κ3) is 2.70. The molecule has 0 radical (unpaired) electrons. The minimum atomic E-state index is -0.935. The van der Waals surface area contributed by atoms with E-state index in [4.69, 9.17) is 9.47 Å². The second kappa shape index (κ2) is 6.67. The van der Waals surface area contributed by atoms with Gasteiger partial charge in [0.15, 0.2) is 11.5 Å². The number of ether oxygens (including phenoxy) is 2. The fourth-order valence-corrected chi connectivity index (χ4v) is 8.26. The van der Waals surface area contributed by atoms with Gasteiger partial charge in [-0.2, -0.15) is 0 Å². The SMILES string of the molecule is CO[C@]1(C)C(C(C)(O)C(C)(C)C)CC2[C@H]3Cc4ccc(O)c5c4[C@@]2(CCN3CC2CC2)[C@H]1O5. The van der Waals surface area contributed by atoms with Crippen LogP contribution in [0.25, 0.3) is 0 Å². The third-order valence-electron chi connectivity index (χ3n) is 10.8. The summed E-state index contributed by atoms with van der Waals surface area (Å²) < 4.78 is 13.2. The molecule has 5 heteroatoms. The van der Waals surface area contributed by atoms with Crippen LogP contribution in [0.3, 0.4) is 0 Å². The number of hydrogen-bond donors (Lipinski definition) is 2. The topological polar surface area (TPSA) is 62.2 Å². The molecule has 3 fully saturated rings. The summed E-state index contributed by atoms with van der Waals surface area (Å²) in [6.07, 6.45) is 5.45. The van der Waals surface area contributed by atoms with Crippen molar-refractivity contribution < 1.29 is 19.7 Å². The van der Waals surface area contributed by atoms with E-state index in [9.17, 15) is 10.2 Å². The van der Waals surface area contributed by atoms with E-state index in [0.29, 0.717) is 17.7 Å². The fraction of sp³-hybridized carbons (Fsp3) is 0.786. The van der Waals surface area contributed by atoms with Crippen molar-refractivity contribution in [3.8, 4) is 11.5 Å². The van der Waals surface area contributed by atoms with Crippen molar-refractivity contribution in [2.45, 2.75) is 95.5 Å². The summed E-state index contributed by atoms with van der Waals surface area (Å²) in [5.41, 5.74) is 0.509. The van der Waals surface area contributed by atoms with Gasteiger partial charge in [-0.3, -0.25) is 4.90 Å². The number of phenolic OH excluding ortho intramolecular Hbond substituents is 1. The number of likely N-dealkylation sites (tertiary alicyclic amines) is 1. The zero-order chi connectivity index (χ0) is 23.6. The molecule has 3 unspecified atom stereocenters. The van der Waals surface area contributed by atoms with Gasteiger partial charge in [0.25, 0.3) is 0 Å². The van der Waals surface area contributed by atoms with Crippen LogP contribution in [-0.2, 0) is 16.6 Å². The van der Waals surface area contributed by atoms with Crippen molar-refractivity contribution in [3.05, 3.63) is 23.3 Å². The number of piperidine rings is 1. The van der Waals surface area contributed by atoms with Crippen LogP contribution in [0.2, 0.25) is 0 Å². The van der Waals surface area contributed by atoms with Crippen molar-refractivity contribution in [1.29, 1.82) is 0 Å². The maximum absolute atomic E-state index is 12.0. The molecule has 5 aliphatic rings. The smallest absolute Gasteiger partial charge is 0.165 e. The van der Waals surface area contributed by atoms with Crippen LogP contribution in [0.5, 0.6) is 11.5 Å². The van der Waals surface area contributed by atoms with E-state index >= 15 is 0 Å². The Hall–Kier alpha value is -1.30. The Labute approximate surface area is 198 Å². The molecule has 5 nitrogen and oxygen atoms in total. The number of nitrogens with zero attached hydrogens (tertiary/aromatic N) is 1. The molecule has 6 rings (SSSR count). The average molecular weight is 456 g/mol. The molecule has 2 bridgehead atoms. The predicted molar refractivity (Wildman–Crippen MR) is 128 cm³/mol. The van der Waals surface area contributed by atoms with Crippen molar-refractivity contribution in [2.24, 2.45) is 23.2 Å². The third-order valence-corrected chi connectivity index (χ3v) is 10.8. The van der Waals surface area contributed by atoms with Crippen molar-refractivity contribution >= 4 is 0 Å². The number of aromatic hydroxyl groups is 1. The quantitative estimate of drug-likeness (QED) is 0.710. The lowest BCUT2D eigenvalue weighted by Gasteiger charge is -2.66. The van der Waals surface area contributed by atoms with Crippen LogP contribution in [0.15, 0.2) is 12.1 Å². The molecular formula is C28H41NO4. The summed E-state index contributed by atoms with van der Waals surface area (Å²) in [7, 11) is 1.78. The molecule has 7 atom stereocenters. The molecule has 1 aromatic rings. The highest BCUT2D eigenvalue weighted by atomic mass is 16.6. The van der Waals surface area contributed by atoms with E-state index in [1.807, 2.05) is 13.0 Å². The first-order valence-corrected chi connectivity index (χ1v) is 13.0. The lowest BCUT2D eigenvalue weighted by Crippen LogP contribution is -2.75. The highest BCUT2D eigenvalue weighted by Crippen LogP contribution is 2.68. The summed E-state index contributed by atoms with van der Waals surface area (Å²) in [5, 5.41) is 22.9. The minimum Gasteiger partial charge on any atom is -0.504 e. The van der Waals surface area contributed by atoms with Crippen molar-refractivity contribution in [3.63, 3.8) is 0 Å². The lowest BCUT2D eigenvalue weighted by molar-refractivity contribution is -0.249. The first-order chi connectivity index (χ1) is 15.4. The van der Waals surface area contributed by atoms with E-state index < -0.39 is 11.2 Å². The largest absolute Gasteiger partial charge is 0.504 e. The van der Waals surface area contributed by atoms with Crippen LogP contribution in [-0.4, -0.2) is 58.7 Å². The Morgan fingerprint density at radius 3 is 2.58 bits per heavy atom. The molecule has 1 saturated heterocycles. The normalized spacial score (nSPS) is 41.3. The van der Waals surface area contributed by atoms with E-state index in [2.05, 4.69) is 38.7 Å². The second-order valence-corrected chi connectivity index (χ2v) is 13.1. The fourth-order valence-electron chi connectivity index (χ4n) is 8.26. The molecule has 1 spiro atoms. The first-order valence-electron chi connectivity index (χ1n) is 13.0. The Morgan fingerprint density at radius 1 is 1.21 bits per heavy atom. The van der Waals surface area contributed by atoms with Crippen molar-refractivity contribution in [1.82, 2.24) is 4.90 Å². The molecule has 33 heavy (non-hydrogen) atoms. The minimum absolute atomic E-state index is 0.0838. The van der Waals surface area contributed by atoms with E-state index in [-0.39, 0.29) is 28.6 Å². The summed E-state index contributed by atoms with van der Waals surface area (Å²) in [6, 6.07) is 4.40. The second-order valence-electron chi connectivity index (χ2n) is 13.1. The van der Waals surface area contributed by atoms with E-state index in [1.165, 1.54) is 30.5 Å². The molecule has 2 heterocycles. The van der Waals surface area contributed by atoms with Crippen LogP contribution in [0, 0.1) is 23.2 Å². The summed E-state index contributed by atoms with van der Waals surface area (Å²) in [5.74, 6) is 2.07. The number of phenols is 1. The number of methoxy groups -OCH3 is 1. The number of aliphatic hydroxyl groups is 1. The van der Waals surface area contributed by atoms with Crippen LogP contribution in [0.4, 0.5) is 0 Å². The molecular weight excluding hydrogens is 414 g/mol. The Morgan fingerprint density at radius 2 is 1.94 bits per heavy atom. The monoisotopic (exact) mass is 455 g/mol. The van der Waals surface area contributed by atoms with Gasteiger partial charge in [0.1, 0.15) is 11.7 Å². The maximum atomic E-state index is 12.0.